The molecule has 1 aliphatic heterocycles. The summed E-state index contributed by atoms with van der Waals surface area (Å²) in [6.07, 6.45) is 4.67. The molecule has 0 aromatic heterocycles. The lowest BCUT2D eigenvalue weighted by molar-refractivity contribution is -0.130. The third kappa shape index (κ3) is 3.05. The normalized spacial score (nSPS) is 23.4. The zero-order valence-corrected chi connectivity index (χ0v) is 7.49. The highest BCUT2D eigenvalue weighted by Gasteiger charge is 2.18. The maximum atomic E-state index is 11.3. The number of carbonyl (C=O) groups is 1. The molecule has 1 rings (SSSR count). The van der Waals surface area contributed by atoms with Gasteiger partial charge < -0.3 is 15.3 Å². The van der Waals surface area contributed by atoms with Gasteiger partial charge in [0, 0.05) is 26.2 Å². The first-order chi connectivity index (χ1) is 6.24. The average Bonchev–Trinajstić information content (AvgIpc) is 2.30. The molecule has 0 aliphatic carbocycles. The van der Waals surface area contributed by atoms with Gasteiger partial charge in [0.1, 0.15) is 0 Å². The molecule has 1 unspecified atom stereocenters. The monoisotopic (exact) mass is 182 g/mol. The first-order valence-electron chi connectivity index (χ1n) is 4.34. The number of nitrogens with zero attached hydrogens (tertiary/aromatic N) is 1. The molecule has 0 bridgehead atoms. The number of carbonyl (C=O) groups excluding carboxylic acids is 1. The minimum Gasteiger partial charge on any atom is -0.390 e. The summed E-state index contributed by atoms with van der Waals surface area (Å²) in [4.78, 5) is 12.9. The van der Waals surface area contributed by atoms with E-state index in [4.69, 9.17) is 6.42 Å². The van der Waals surface area contributed by atoms with Crippen LogP contribution < -0.4 is 5.32 Å². The second-order valence-corrected chi connectivity index (χ2v) is 3.08. The van der Waals surface area contributed by atoms with Crippen LogP contribution >= 0.6 is 0 Å². The Kier molecular flexibility index (Phi) is 3.74. The lowest BCUT2D eigenvalue weighted by atomic mass is 10.3. The topological polar surface area (TPSA) is 52.6 Å². The van der Waals surface area contributed by atoms with Gasteiger partial charge in [0.2, 0.25) is 5.91 Å². The number of aliphatic hydroxyl groups is 1. The molecule has 0 aromatic carbocycles. The summed E-state index contributed by atoms with van der Waals surface area (Å²) in [6, 6.07) is 0. The predicted molar refractivity (Wildman–Crippen MR) is 48.9 cm³/mol. The third-order valence-corrected chi connectivity index (χ3v) is 1.98. The molecule has 4 heteroatoms. The van der Waals surface area contributed by atoms with Crippen LogP contribution in [0.15, 0.2) is 0 Å². The van der Waals surface area contributed by atoms with Gasteiger partial charge in [-0.3, -0.25) is 4.79 Å². The van der Waals surface area contributed by atoms with E-state index in [-0.39, 0.29) is 12.3 Å². The third-order valence-electron chi connectivity index (χ3n) is 1.98. The maximum Gasteiger partial charge on any atom is 0.234 e. The second kappa shape index (κ2) is 4.85. The molecule has 72 valence electrons. The van der Waals surface area contributed by atoms with E-state index in [1.54, 1.807) is 4.90 Å². The van der Waals surface area contributed by atoms with Crippen LogP contribution in [0.2, 0.25) is 0 Å². The molecule has 0 spiro atoms. The van der Waals surface area contributed by atoms with E-state index in [2.05, 4.69) is 11.2 Å². The Labute approximate surface area is 77.9 Å². The number of aliphatic hydroxyl groups excluding tert-OH is 1. The lowest BCUT2D eigenvalue weighted by Gasteiger charge is -2.20. The number of hydrogen-bond acceptors (Lipinski definition) is 3. The fourth-order valence-electron chi connectivity index (χ4n) is 1.32. The van der Waals surface area contributed by atoms with Gasteiger partial charge in [0.25, 0.3) is 0 Å². The summed E-state index contributed by atoms with van der Waals surface area (Å²) in [5, 5.41) is 12.4. The van der Waals surface area contributed by atoms with E-state index in [1.807, 2.05) is 0 Å². The van der Waals surface area contributed by atoms with Gasteiger partial charge in [-0.1, -0.05) is 5.92 Å². The van der Waals surface area contributed by atoms with Crippen molar-refractivity contribution < 1.29 is 9.90 Å². The Balaban J connectivity index is 2.48. The van der Waals surface area contributed by atoms with Crippen LogP contribution in [0.4, 0.5) is 0 Å². The molecule has 1 amide bonds. The number of hydrogen-bond donors (Lipinski definition) is 2. The molecular weight excluding hydrogens is 168 g/mol. The molecular formula is C9H14N2O2. The van der Waals surface area contributed by atoms with Crippen LogP contribution in [0.5, 0.6) is 0 Å². The van der Waals surface area contributed by atoms with Crippen molar-refractivity contribution >= 4 is 5.91 Å². The summed E-state index contributed by atoms with van der Waals surface area (Å²) in [5.74, 6) is 2.23. The van der Waals surface area contributed by atoms with Crippen LogP contribution in [0, 0.1) is 12.3 Å². The van der Waals surface area contributed by atoms with Crippen molar-refractivity contribution in [2.75, 3.05) is 26.2 Å². The van der Waals surface area contributed by atoms with Gasteiger partial charge >= 0.3 is 0 Å². The zero-order valence-electron chi connectivity index (χ0n) is 7.49. The number of nitrogens with one attached hydrogen (secondary N) is 1. The van der Waals surface area contributed by atoms with Crippen molar-refractivity contribution in [2.24, 2.45) is 0 Å². The summed E-state index contributed by atoms with van der Waals surface area (Å²) < 4.78 is 0. The van der Waals surface area contributed by atoms with Gasteiger partial charge in [0.15, 0.2) is 0 Å². The molecule has 1 saturated heterocycles. The largest absolute Gasteiger partial charge is 0.390 e. The van der Waals surface area contributed by atoms with E-state index in [1.165, 1.54) is 0 Å². The van der Waals surface area contributed by atoms with Crippen LogP contribution in [-0.2, 0) is 4.79 Å². The zero-order chi connectivity index (χ0) is 9.68. The standard InChI is InChI=1S/C9H14N2O2/c1-2-3-9(13)11-5-4-10-6-8(12)7-11/h1,8,10,12H,3-7H2. The van der Waals surface area contributed by atoms with Crippen LogP contribution in [-0.4, -0.2) is 48.2 Å². The van der Waals surface area contributed by atoms with Gasteiger partial charge in [-0.15, -0.1) is 6.42 Å². The Hall–Kier alpha value is -1.05. The Morgan fingerprint density at radius 3 is 3.23 bits per heavy atom. The fourth-order valence-corrected chi connectivity index (χ4v) is 1.32. The summed E-state index contributed by atoms with van der Waals surface area (Å²) in [5.41, 5.74) is 0. The number of amides is 1. The molecule has 1 aliphatic rings. The first-order valence-corrected chi connectivity index (χ1v) is 4.34. The molecule has 0 radical (unpaired) electrons. The lowest BCUT2D eigenvalue weighted by Crippen LogP contribution is -2.37. The molecule has 13 heavy (non-hydrogen) atoms. The Morgan fingerprint density at radius 1 is 1.77 bits per heavy atom. The number of β-amino-alcohol motifs (C(OH)–C–C–N with tert-alkyl or cyclic N) is 1. The molecule has 4 nitrogen and oxygen atoms in total. The first kappa shape index (κ1) is 10.0. The van der Waals surface area contributed by atoms with Gasteiger partial charge in [0.05, 0.1) is 12.5 Å². The van der Waals surface area contributed by atoms with Crippen LogP contribution in [0.3, 0.4) is 0 Å². The average molecular weight is 182 g/mol. The molecule has 1 fully saturated rings. The van der Waals surface area contributed by atoms with Crippen LogP contribution in [0.25, 0.3) is 0 Å². The second-order valence-electron chi connectivity index (χ2n) is 3.08. The van der Waals surface area contributed by atoms with E-state index in [0.717, 1.165) is 0 Å². The Bertz CT molecular complexity index is 222. The van der Waals surface area contributed by atoms with E-state index in [0.29, 0.717) is 26.2 Å². The van der Waals surface area contributed by atoms with E-state index in [9.17, 15) is 9.90 Å². The van der Waals surface area contributed by atoms with Gasteiger partial charge in [-0.05, 0) is 0 Å². The van der Waals surface area contributed by atoms with Crippen molar-refractivity contribution in [3.8, 4) is 12.3 Å². The highest BCUT2D eigenvalue weighted by molar-refractivity contribution is 5.78. The van der Waals surface area contributed by atoms with E-state index >= 15 is 0 Å². The van der Waals surface area contributed by atoms with Crippen molar-refractivity contribution in [3.05, 3.63) is 0 Å². The summed E-state index contributed by atoms with van der Waals surface area (Å²) in [7, 11) is 0. The smallest absolute Gasteiger partial charge is 0.234 e. The molecule has 1 heterocycles. The molecule has 0 aromatic rings. The molecule has 1 atom stereocenters. The van der Waals surface area contributed by atoms with Crippen molar-refractivity contribution in [3.63, 3.8) is 0 Å². The van der Waals surface area contributed by atoms with Crippen molar-refractivity contribution in [2.45, 2.75) is 12.5 Å². The highest BCUT2D eigenvalue weighted by atomic mass is 16.3. The SMILES string of the molecule is C#CCC(=O)N1CCNCC(O)C1. The quantitative estimate of drug-likeness (QED) is 0.501. The van der Waals surface area contributed by atoms with Gasteiger partial charge in [-0.25, -0.2) is 0 Å². The molecule has 2 N–H and O–H groups in total. The van der Waals surface area contributed by atoms with Crippen LogP contribution in [0.1, 0.15) is 6.42 Å². The summed E-state index contributed by atoms with van der Waals surface area (Å²) in [6.45, 7) is 2.26. The van der Waals surface area contributed by atoms with E-state index < -0.39 is 6.10 Å². The maximum absolute atomic E-state index is 11.3. The fraction of sp³-hybridized carbons (Fsp3) is 0.667. The highest BCUT2D eigenvalue weighted by Crippen LogP contribution is 1.98. The number of terminal acetylenes is 1. The summed E-state index contributed by atoms with van der Waals surface area (Å²) >= 11 is 0. The predicted octanol–water partition coefficient (Wildman–Crippen LogP) is -1.20. The van der Waals surface area contributed by atoms with Gasteiger partial charge in [-0.2, -0.15) is 0 Å². The number of rotatable bonds is 1. The minimum absolute atomic E-state index is 0.0785. The molecule has 0 saturated carbocycles. The van der Waals surface area contributed by atoms with Crippen molar-refractivity contribution in [1.29, 1.82) is 0 Å². The van der Waals surface area contributed by atoms with Crippen molar-refractivity contribution in [1.82, 2.24) is 10.2 Å². The minimum atomic E-state index is -0.482. The Morgan fingerprint density at radius 2 is 2.54 bits per heavy atom.